The molecule has 0 spiro atoms. The third-order valence-electron chi connectivity index (χ3n) is 10.9. The average Bonchev–Trinajstić information content (AvgIpc) is 3.36. The second-order valence-corrected chi connectivity index (χ2v) is 13.7. The molecule has 2 aromatic carbocycles. The maximum atomic E-state index is 16.8. The number of benzene rings is 2. The summed E-state index contributed by atoms with van der Waals surface area (Å²) < 4.78 is 66.1. The first-order chi connectivity index (χ1) is 22.7. The van der Waals surface area contributed by atoms with Crippen LogP contribution in [0.1, 0.15) is 42.7 Å². The van der Waals surface area contributed by atoms with E-state index in [1.165, 1.54) is 11.0 Å². The van der Waals surface area contributed by atoms with Gasteiger partial charge < -0.3 is 19.4 Å². The monoisotopic (exact) mass is 646 g/mol. The lowest BCUT2D eigenvalue weighted by atomic mass is 9.93. The van der Waals surface area contributed by atoms with Crippen LogP contribution in [0, 0.1) is 24.1 Å². The molecule has 3 aliphatic heterocycles. The molecule has 3 saturated heterocycles. The number of aromatic nitrogens is 2. The van der Waals surface area contributed by atoms with Crippen LogP contribution in [0.2, 0.25) is 0 Å². The van der Waals surface area contributed by atoms with Gasteiger partial charge in [-0.15, -0.1) is 0 Å². The minimum atomic E-state index is -1.10. The highest BCUT2D eigenvalue weighted by Crippen LogP contribution is 2.58. The standard InChI is InChI=1S/C35H34F4N6O2/c1-19(36)33(46)45-11-10-43(17-22(45)15-40-2)32-25-5-4-24(23-6-7-28(38)29-26-12-20(26)13-27(23)29)30(39)31(25)41-34(42-32)47-18-35-8-3-9-44(35)16-21(37)14-35/h4-7,20-22,26H,1,3,8-18H2/t20-,21+,22-,26-,35-/m0/s1. The van der Waals surface area contributed by atoms with Gasteiger partial charge in [-0.05, 0) is 72.9 Å². The highest BCUT2D eigenvalue weighted by atomic mass is 19.1. The fraction of sp³-hybridized carbons (Fsp3) is 0.486. The Morgan fingerprint density at radius 1 is 1.13 bits per heavy atom. The van der Waals surface area contributed by atoms with Gasteiger partial charge >= 0.3 is 6.01 Å². The number of nitrogens with zero attached hydrogens (tertiary/aromatic N) is 6. The Balaban J connectivity index is 1.20. The van der Waals surface area contributed by atoms with E-state index in [2.05, 4.69) is 21.3 Å². The molecule has 0 unspecified atom stereocenters. The number of piperazine rings is 1. The average molecular weight is 647 g/mol. The van der Waals surface area contributed by atoms with Crippen molar-refractivity contribution in [3.8, 4) is 17.1 Å². The number of halogens is 4. The second kappa shape index (κ2) is 11.2. The number of fused-ring (bicyclic) bond motifs is 5. The summed E-state index contributed by atoms with van der Waals surface area (Å²) in [7, 11) is 0. The van der Waals surface area contributed by atoms with E-state index in [-0.39, 0.29) is 56.0 Å². The van der Waals surface area contributed by atoms with Crippen molar-refractivity contribution in [3.63, 3.8) is 0 Å². The van der Waals surface area contributed by atoms with Crippen molar-refractivity contribution in [1.29, 1.82) is 0 Å². The molecule has 1 saturated carbocycles. The molecule has 12 heteroatoms. The van der Waals surface area contributed by atoms with Gasteiger partial charge in [0.25, 0.3) is 5.91 Å². The summed E-state index contributed by atoms with van der Waals surface area (Å²) in [6, 6.07) is 5.74. The number of hydrogen-bond donors (Lipinski definition) is 0. The van der Waals surface area contributed by atoms with Crippen LogP contribution in [0.5, 0.6) is 6.01 Å². The van der Waals surface area contributed by atoms with E-state index in [0.29, 0.717) is 53.2 Å². The summed E-state index contributed by atoms with van der Waals surface area (Å²) in [5, 5.41) is 0.404. The van der Waals surface area contributed by atoms with Crippen LogP contribution in [-0.4, -0.2) is 89.3 Å². The molecule has 0 N–H and O–H groups in total. The van der Waals surface area contributed by atoms with Gasteiger partial charge in [-0.1, -0.05) is 18.7 Å². The number of anilines is 1. The summed E-state index contributed by atoms with van der Waals surface area (Å²) in [5.41, 5.74) is 2.04. The molecular formula is C35H34F4N6O2. The van der Waals surface area contributed by atoms with Gasteiger partial charge in [0, 0.05) is 43.5 Å². The third-order valence-corrected chi connectivity index (χ3v) is 10.9. The van der Waals surface area contributed by atoms with Gasteiger partial charge in [0.2, 0.25) is 6.54 Å². The number of alkyl halides is 1. The fourth-order valence-electron chi connectivity index (χ4n) is 8.62. The first kappa shape index (κ1) is 30.1. The number of rotatable bonds is 7. The SMILES string of the molecule is [C-]#[N+]C[C@H]1CN(c2nc(OC[C@@]34CCCN3C[C@H](F)C4)nc3c(F)c(-c4ccc(F)c5c4C[C@@H]4C[C@H]54)ccc23)CCN1C(=O)C(=C)F. The molecule has 1 aromatic heterocycles. The Bertz CT molecular complexity index is 1860. The lowest BCUT2D eigenvalue weighted by Gasteiger charge is -2.39. The van der Waals surface area contributed by atoms with Crippen molar-refractivity contribution < 1.29 is 27.1 Å². The van der Waals surface area contributed by atoms with Crippen molar-refractivity contribution in [2.45, 2.75) is 55.8 Å². The summed E-state index contributed by atoms with van der Waals surface area (Å²) in [6.07, 6.45) is 2.77. The summed E-state index contributed by atoms with van der Waals surface area (Å²) in [6.45, 7) is 12.3. The molecule has 47 heavy (non-hydrogen) atoms. The van der Waals surface area contributed by atoms with Crippen molar-refractivity contribution >= 4 is 22.6 Å². The highest BCUT2D eigenvalue weighted by Gasteiger charge is 2.50. The molecule has 4 heterocycles. The van der Waals surface area contributed by atoms with Gasteiger partial charge in [-0.25, -0.2) is 24.1 Å². The number of carbonyl (C=O) groups is 1. The number of ether oxygens (including phenoxy) is 1. The Morgan fingerprint density at radius 3 is 2.77 bits per heavy atom. The van der Waals surface area contributed by atoms with E-state index in [9.17, 15) is 18.0 Å². The largest absolute Gasteiger partial charge is 0.461 e. The van der Waals surface area contributed by atoms with Crippen molar-refractivity contribution in [3.05, 3.63) is 70.8 Å². The van der Waals surface area contributed by atoms with E-state index < -0.39 is 35.3 Å². The fourth-order valence-corrected chi connectivity index (χ4v) is 8.62. The molecule has 2 aliphatic carbocycles. The molecule has 5 aliphatic rings. The number of carbonyl (C=O) groups excluding carboxylic acids is 1. The van der Waals surface area contributed by atoms with E-state index in [4.69, 9.17) is 16.3 Å². The van der Waals surface area contributed by atoms with E-state index in [1.807, 2.05) is 4.90 Å². The maximum Gasteiger partial charge on any atom is 0.319 e. The maximum absolute atomic E-state index is 16.8. The van der Waals surface area contributed by atoms with E-state index in [0.717, 1.165) is 31.4 Å². The lowest BCUT2D eigenvalue weighted by molar-refractivity contribution is -0.131. The first-order valence-corrected chi connectivity index (χ1v) is 16.2. The predicted molar refractivity (Wildman–Crippen MR) is 167 cm³/mol. The van der Waals surface area contributed by atoms with Gasteiger partial charge in [-0.2, -0.15) is 9.97 Å². The zero-order valence-electron chi connectivity index (χ0n) is 25.8. The highest BCUT2D eigenvalue weighted by molar-refractivity contribution is 5.95. The number of hydrogen-bond acceptors (Lipinski definition) is 6. The molecule has 3 aromatic rings. The third kappa shape index (κ3) is 4.93. The molecule has 8 nitrogen and oxygen atoms in total. The molecule has 1 amide bonds. The van der Waals surface area contributed by atoms with Crippen LogP contribution in [0.4, 0.5) is 23.4 Å². The van der Waals surface area contributed by atoms with Crippen LogP contribution < -0.4 is 9.64 Å². The van der Waals surface area contributed by atoms with E-state index in [1.54, 1.807) is 18.2 Å². The van der Waals surface area contributed by atoms with Gasteiger partial charge in [0.15, 0.2) is 11.6 Å². The molecule has 4 fully saturated rings. The second-order valence-electron chi connectivity index (χ2n) is 13.7. The van der Waals surface area contributed by atoms with Crippen molar-refractivity contribution in [1.82, 2.24) is 19.8 Å². The summed E-state index contributed by atoms with van der Waals surface area (Å²) >= 11 is 0. The van der Waals surface area contributed by atoms with Crippen molar-refractivity contribution in [2.75, 3.05) is 50.8 Å². The quantitative estimate of drug-likeness (QED) is 0.189. The topological polar surface area (TPSA) is 66.2 Å². The minimum Gasteiger partial charge on any atom is -0.461 e. The van der Waals surface area contributed by atoms with Crippen LogP contribution in [0.15, 0.2) is 36.7 Å². The van der Waals surface area contributed by atoms with Gasteiger partial charge in [0.05, 0.1) is 5.54 Å². The molecular weight excluding hydrogens is 612 g/mol. The summed E-state index contributed by atoms with van der Waals surface area (Å²) in [5.74, 6) is -1.85. The van der Waals surface area contributed by atoms with Crippen LogP contribution in [0.25, 0.3) is 26.9 Å². The Hall–Kier alpha value is -4.24. The zero-order chi connectivity index (χ0) is 32.6. The zero-order valence-corrected chi connectivity index (χ0v) is 25.8. The Morgan fingerprint density at radius 2 is 1.96 bits per heavy atom. The minimum absolute atomic E-state index is 0.0247. The van der Waals surface area contributed by atoms with Crippen LogP contribution in [0.3, 0.4) is 0 Å². The Labute approximate surface area is 269 Å². The predicted octanol–water partition coefficient (Wildman–Crippen LogP) is 5.61. The van der Waals surface area contributed by atoms with Crippen LogP contribution in [-0.2, 0) is 11.2 Å². The molecule has 244 valence electrons. The van der Waals surface area contributed by atoms with Crippen LogP contribution >= 0.6 is 0 Å². The molecule has 0 radical (unpaired) electrons. The van der Waals surface area contributed by atoms with E-state index >= 15 is 4.39 Å². The summed E-state index contributed by atoms with van der Waals surface area (Å²) in [4.78, 5) is 30.6. The van der Waals surface area contributed by atoms with Crippen molar-refractivity contribution in [2.24, 2.45) is 5.92 Å². The first-order valence-electron chi connectivity index (χ1n) is 16.2. The smallest absolute Gasteiger partial charge is 0.319 e. The van der Waals surface area contributed by atoms with Gasteiger partial charge in [0.1, 0.15) is 36.0 Å². The van der Waals surface area contributed by atoms with Gasteiger partial charge in [-0.3, -0.25) is 9.69 Å². The molecule has 0 bridgehead atoms. The Kier molecular flexibility index (Phi) is 7.17. The normalized spacial score (nSPS) is 27.8. The number of amides is 1. The lowest BCUT2D eigenvalue weighted by Crippen LogP contribution is -2.56. The molecule has 5 atom stereocenters. The molecule has 8 rings (SSSR count).